The van der Waals surface area contributed by atoms with Crippen molar-refractivity contribution < 1.29 is 9.47 Å². The highest BCUT2D eigenvalue weighted by Crippen LogP contribution is 2.18. The van der Waals surface area contributed by atoms with E-state index in [9.17, 15) is 0 Å². The molecule has 0 aliphatic carbocycles. The van der Waals surface area contributed by atoms with Gasteiger partial charge in [-0.2, -0.15) is 0 Å². The number of piperidine rings is 1. The zero-order valence-electron chi connectivity index (χ0n) is 16.5. The summed E-state index contributed by atoms with van der Waals surface area (Å²) in [7, 11) is 4.22. The average molecular weight is 355 g/mol. The van der Waals surface area contributed by atoms with E-state index in [1.54, 1.807) is 0 Å². The molecule has 2 fully saturated rings. The predicted molar refractivity (Wildman–Crippen MR) is 103 cm³/mol. The molecule has 0 spiro atoms. The first-order valence-corrected chi connectivity index (χ1v) is 10.1. The Morgan fingerprint density at radius 3 is 2.68 bits per heavy atom. The van der Waals surface area contributed by atoms with Crippen LogP contribution in [-0.4, -0.2) is 88.0 Å². The van der Waals surface area contributed by atoms with E-state index in [1.807, 2.05) is 0 Å². The third kappa shape index (κ3) is 7.92. The molecule has 1 unspecified atom stereocenters. The fourth-order valence-electron chi connectivity index (χ4n) is 3.41. The molecule has 0 aromatic carbocycles. The second-order valence-electron chi connectivity index (χ2n) is 7.40. The van der Waals surface area contributed by atoms with Crippen molar-refractivity contribution in [3.05, 3.63) is 0 Å². The first-order chi connectivity index (χ1) is 12.2. The largest absolute Gasteiger partial charge is 0.376 e. The van der Waals surface area contributed by atoms with Gasteiger partial charge in [-0.15, -0.1) is 0 Å². The summed E-state index contributed by atoms with van der Waals surface area (Å²) < 4.78 is 11.9. The van der Waals surface area contributed by atoms with Gasteiger partial charge in [-0.25, -0.2) is 0 Å². The summed E-state index contributed by atoms with van der Waals surface area (Å²) in [6.45, 7) is 8.74. The van der Waals surface area contributed by atoms with Gasteiger partial charge in [0, 0.05) is 32.8 Å². The highest BCUT2D eigenvalue weighted by Gasteiger charge is 2.23. The van der Waals surface area contributed by atoms with Gasteiger partial charge >= 0.3 is 0 Å². The molecule has 0 radical (unpaired) electrons. The molecule has 25 heavy (non-hydrogen) atoms. The number of hydrogen-bond donors (Lipinski definition) is 1. The van der Waals surface area contributed by atoms with Crippen LogP contribution in [0.4, 0.5) is 0 Å². The summed E-state index contributed by atoms with van der Waals surface area (Å²) in [5.74, 6) is 1.07. The number of nitrogens with one attached hydrogen (secondary N) is 1. The normalized spacial score (nSPS) is 23.3. The molecule has 0 aromatic rings. The Morgan fingerprint density at radius 2 is 2.04 bits per heavy atom. The van der Waals surface area contributed by atoms with Gasteiger partial charge in [-0.05, 0) is 66.1 Å². The number of likely N-dealkylation sites (tertiary alicyclic amines) is 1. The highest BCUT2D eigenvalue weighted by atomic mass is 16.5. The number of hydrogen-bond acceptors (Lipinski definition) is 4. The van der Waals surface area contributed by atoms with E-state index in [1.165, 1.54) is 12.8 Å². The molecule has 0 amide bonds. The highest BCUT2D eigenvalue weighted by molar-refractivity contribution is 5.80. The Morgan fingerprint density at radius 1 is 1.24 bits per heavy atom. The molecule has 6 heteroatoms. The Hall–Kier alpha value is -0.850. The SMILES string of the molecule is CCNC(=NCCCN(C)C)N1CCC(OCC2CCCCO2)CC1. The molecule has 1 N–H and O–H groups in total. The van der Waals surface area contributed by atoms with Crippen LogP contribution in [0.5, 0.6) is 0 Å². The minimum Gasteiger partial charge on any atom is -0.376 e. The molecule has 1 atom stereocenters. The van der Waals surface area contributed by atoms with Crippen LogP contribution in [0.25, 0.3) is 0 Å². The Balaban J connectivity index is 1.69. The maximum absolute atomic E-state index is 6.12. The van der Waals surface area contributed by atoms with Crippen molar-refractivity contribution in [3.8, 4) is 0 Å². The smallest absolute Gasteiger partial charge is 0.193 e. The van der Waals surface area contributed by atoms with Gasteiger partial charge in [0.15, 0.2) is 5.96 Å². The van der Waals surface area contributed by atoms with Gasteiger partial charge in [0.2, 0.25) is 0 Å². The van der Waals surface area contributed by atoms with Crippen LogP contribution in [0.2, 0.25) is 0 Å². The zero-order valence-corrected chi connectivity index (χ0v) is 16.5. The van der Waals surface area contributed by atoms with Crippen LogP contribution in [0, 0.1) is 0 Å². The maximum Gasteiger partial charge on any atom is 0.193 e. The van der Waals surface area contributed by atoms with Crippen molar-refractivity contribution in [3.63, 3.8) is 0 Å². The summed E-state index contributed by atoms with van der Waals surface area (Å²) in [6.07, 6.45) is 7.59. The van der Waals surface area contributed by atoms with Crippen molar-refractivity contribution in [1.29, 1.82) is 0 Å². The number of ether oxygens (including phenoxy) is 2. The number of guanidine groups is 1. The molecule has 146 valence electrons. The monoisotopic (exact) mass is 354 g/mol. The quantitative estimate of drug-likeness (QED) is 0.410. The fourth-order valence-corrected chi connectivity index (χ4v) is 3.41. The molecule has 2 heterocycles. The van der Waals surface area contributed by atoms with E-state index in [0.29, 0.717) is 12.2 Å². The minimum atomic E-state index is 0.322. The lowest BCUT2D eigenvalue weighted by Crippen LogP contribution is -2.47. The summed E-state index contributed by atoms with van der Waals surface area (Å²) in [6, 6.07) is 0. The summed E-state index contributed by atoms with van der Waals surface area (Å²) in [4.78, 5) is 9.39. The lowest BCUT2D eigenvalue weighted by molar-refractivity contribution is -0.0721. The first kappa shape index (κ1) is 20.5. The Bertz CT molecular complexity index is 376. The number of rotatable bonds is 8. The molecule has 2 saturated heterocycles. The molecule has 2 aliphatic rings. The van der Waals surface area contributed by atoms with Crippen LogP contribution in [-0.2, 0) is 9.47 Å². The van der Waals surface area contributed by atoms with Crippen molar-refractivity contribution in [2.75, 3.05) is 60.0 Å². The molecule has 2 aliphatic heterocycles. The predicted octanol–water partition coefficient (Wildman–Crippen LogP) is 1.95. The van der Waals surface area contributed by atoms with E-state index < -0.39 is 0 Å². The second kappa shape index (κ2) is 11.7. The Kier molecular flexibility index (Phi) is 9.58. The molecular formula is C19H38N4O2. The zero-order chi connectivity index (χ0) is 17.9. The van der Waals surface area contributed by atoms with Gasteiger partial charge in [0.1, 0.15) is 0 Å². The van der Waals surface area contributed by atoms with Gasteiger partial charge in [-0.3, -0.25) is 4.99 Å². The average Bonchev–Trinajstić information content (AvgIpc) is 2.64. The summed E-state index contributed by atoms with van der Waals surface area (Å²) >= 11 is 0. The molecule has 6 nitrogen and oxygen atoms in total. The van der Waals surface area contributed by atoms with Crippen molar-refractivity contribution in [2.24, 2.45) is 4.99 Å². The summed E-state index contributed by atoms with van der Waals surface area (Å²) in [5.41, 5.74) is 0. The van der Waals surface area contributed by atoms with E-state index in [2.05, 4.69) is 36.1 Å². The molecule has 0 aromatic heterocycles. The van der Waals surface area contributed by atoms with Crippen LogP contribution < -0.4 is 5.32 Å². The van der Waals surface area contributed by atoms with E-state index >= 15 is 0 Å². The van der Waals surface area contributed by atoms with Crippen LogP contribution in [0.1, 0.15) is 45.4 Å². The van der Waals surface area contributed by atoms with Gasteiger partial charge in [0.25, 0.3) is 0 Å². The van der Waals surface area contributed by atoms with Gasteiger partial charge < -0.3 is 24.6 Å². The molecule has 2 rings (SSSR count). The third-order valence-corrected chi connectivity index (χ3v) is 4.89. The van der Waals surface area contributed by atoms with E-state index in [0.717, 1.165) is 77.6 Å². The fraction of sp³-hybridized carbons (Fsp3) is 0.947. The van der Waals surface area contributed by atoms with Crippen molar-refractivity contribution in [2.45, 2.75) is 57.7 Å². The first-order valence-electron chi connectivity index (χ1n) is 10.1. The van der Waals surface area contributed by atoms with Crippen LogP contribution in [0.15, 0.2) is 4.99 Å². The third-order valence-electron chi connectivity index (χ3n) is 4.89. The number of nitrogens with zero attached hydrogens (tertiary/aromatic N) is 3. The van der Waals surface area contributed by atoms with Crippen LogP contribution >= 0.6 is 0 Å². The minimum absolute atomic E-state index is 0.322. The molecule has 0 bridgehead atoms. The number of aliphatic imine (C=N–C) groups is 1. The maximum atomic E-state index is 6.12. The van der Waals surface area contributed by atoms with Gasteiger partial charge in [0.05, 0.1) is 18.8 Å². The molecule has 0 saturated carbocycles. The van der Waals surface area contributed by atoms with Crippen LogP contribution in [0.3, 0.4) is 0 Å². The standard InChI is InChI=1S/C19H38N4O2/c1-4-20-19(21-11-7-12-22(2)3)23-13-9-17(10-14-23)25-16-18-8-5-6-15-24-18/h17-18H,4-16H2,1-3H3,(H,20,21). The topological polar surface area (TPSA) is 49.3 Å². The van der Waals surface area contributed by atoms with E-state index in [-0.39, 0.29) is 0 Å². The van der Waals surface area contributed by atoms with Gasteiger partial charge in [-0.1, -0.05) is 0 Å². The lowest BCUT2D eigenvalue weighted by atomic mass is 10.1. The second-order valence-corrected chi connectivity index (χ2v) is 7.40. The van der Waals surface area contributed by atoms with E-state index in [4.69, 9.17) is 14.5 Å². The van der Waals surface area contributed by atoms with Crippen molar-refractivity contribution in [1.82, 2.24) is 15.1 Å². The lowest BCUT2D eigenvalue weighted by Gasteiger charge is -2.35. The summed E-state index contributed by atoms with van der Waals surface area (Å²) in [5, 5.41) is 3.44. The van der Waals surface area contributed by atoms with Crippen molar-refractivity contribution >= 4 is 5.96 Å². The Labute approximate surface area is 153 Å². The molecular weight excluding hydrogens is 316 g/mol.